The zero-order valence-electron chi connectivity index (χ0n) is 20.2. The Morgan fingerprint density at radius 1 is 0.971 bits per heavy atom. The Kier molecular flexibility index (Phi) is 7.86. The monoisotopic (exact) mass is 465 g/mol. The van der Waals surface area contributed by atoms with E-state index in [2.05, 4.69) is 15.5 Å². The molecule has 1 saturated carbocycles. The predicted octanol–water partition coefficient (Wildman–Crippen LogP) is 5.48. The van der Waals surface area contributed by atoms with Crippen LogP contribution in [0.15, 0.2) is 48.5 Å². The van der Waals surface area contributed by atoms with Crippen molar-refractivity contribution in [2.24, 2.45) is 11.8 Å². The normalized spacial score (nSPS) is 17.5. The van der Waals surface area contributed by atoms with Crippen molar-refractivity contribution >= 4 is 23.2 Å². The maximum atomic E-state index is 15.0. The van der Waals surface area contributed by atoms with Gasteiger partial charge in [0.15, 0.2) is 0 Å². The SMILES string of the molecule is CCC(CC)C(=O)Nc1ccc(N2CCC(C(C(=O)NC3CC3)c3ccccc3)CC2)c(F)c1. The Hall–Kier alpha value is -2.89. The number of nitrogens with one attached hydrogen (secondary N) is 2. The Labute approximate surface area is 202 Å². The number of nitrogens with zero attached hydrogens (tertiary/aromatic N) is 1. The van der Waals surface area contributed by atoms with Crippen molar-refractivity contribution in [3.63, 3.8) is 0 Å². The van der Waals surface area contributed by atoms with E-state index < -0.39 is 0 Å². The minimum atomic E-state index is -0.327. The van der Waals surface area contributed by atoms with Gasteiger partial charge in [0.1, 0.15) is 5.82 Å². The van der Waals surface area contributed by atoms with E-state index in [4.69, 9.17) is 0 Å². The molecule has 1 atom stereocenters. The van der Waals surface area contributed by atoms with Crippen molar-refractivity contribution in [3.05, 3.63) is 59.9 Å². The van der Waals surface area contributed by atoms with E-state index >= 15 is 0 Å². The van der Waals surface area contributed by atoms with Crippen LogP contribution < -0.4 is 15.5 Å². The molecule has 2 amide bonds. The van der Waals surface area contributed by atoms with Crippen LogP contribution >= 0.6 is 0 Å². The largest absolute Gasteiger partial charge is 0.369 e. The third-order valence-corrected chi connectivity index (χ3v) is 7.29. The summed E-state index contributed by atoms with van der Waals surface area (Å²) in [5.74, 6) is -0.274. The van der Waals surface area contributed by atoms with Gasteiger partial charge in [0.2, 0.25) is 11.8 Å². The number of benzene rings is 2. The van der Waals surface area contributed by atoms with Crippen molar-refractivity contribution in [1.82, 2.24) is 5.32 Å². The van der Waals surface area contributed by atoms with Gasteiger partial charge < -0.3 is 15.5 Å². The minimum absolute atomic E-state index is 0.0589. The number of hydrogen-bond acceptors (Lipinski definition) is 3. The van der Waals surface area contributed by atoms with Crippen LogP contribution in [0.1, 0.15) is 63.9 Å². The van der Waals surface area contributed by atoms with Crippen molar-refractivity contribution in [2.75, 3.05) is 23.3 Å². The maximum absolute atomic E-state index is 15.0. The lowest BCUT2D eigenvalue weighted by Gasteiger charge is -2.37. The van der Waals surface area contributed by atoms with Crippen LogP contribution in [-0.2, 0) is 9.59 Å². The number of halogens is 1. The Balaban J connectivity index is 1.41. The topological polar surface area (TPSA) is 61.4 Å². The van der Waals surface area contributed by atoms with Gasteiger partial charge in [-0.2, -0.15) is 0 Å². The zero-order chi connectivity index (χ0) is 24.1. The van der Waals surface area contributed by atoms with E-state index in [1.165, 1.54) is 6.07 Å². The fourth-order valence-electron chi connectivity index (χ4n) is 5.04. The number of rotatable bonds is 9. The van der Waals surface area contributed by atoms with Gasteiger partial charge in [0.25, 0.3) is 0 Å². The first kappa shape index (κ1) is 24.2. The van der Waals surface area contributed by atoms with Gasteiger partial charge in [-0.05, 0) is 68.2 Å². The first-order valence-electron chi connectivity index (χ1n) is 12.7. The first-order valence-corrected chi connectivity index (χ1v) is 12.7. The fourth-order valence-corrected chi connectivity index (χ4v) is 5.04. The molecule has 5 nitrogen and oxygen atoms in total. The van der Waals surface area contributed by atoms with Gasteiger partial charge in [-0.3, -0.25) is 9.59 Å². The number of anilines is 2. The van der Waals surface area contributed by atoms with E-state index in [1.54, 1.807) is 12.1 Å². The number of piperidine rings is 1. The molecule has 34 heavy (non-hydrogen) atoms. The van der Waals surface area contributed by atoms with Gasteiger partial charge >= 0.3 is 0 Å². The van der Waals surface area contributed by atoms with E-state index in [-0.39, 0.29) is 35.4 Å². The summed E-state index contributed by atoms with van der Waals surface area (Å²) in [7, 11) is 0. The van der Waals surface area contributed by atoms with Gasteiger partial charge in [-0.1, -0.05) is 44.2 Å². The van der Waals surface area contributed by atoms with Gasteiger partial charge in [-0.15, -0.1) is 0 Å². The number of carbonyl (C=O) groups excluding carboxylic acids is 2. The van der Waals surface area contributed by atoms with Crippen LogP contribution in [0.25, 0.3) is 0 Å². The molecule has 2 fully saturated rings. The van der Waals surface area contributed by atoms with Crippen LogP contribution in [0.3, 0.4) is 0 Å². The van der Waals surface area contributed by atoms with Gasteiger partial charge in [0, 0.05) is 30.7 Å². The molecule has 0 aromatic heterocycles. The lowest BCUT2D eigenvalue weighted by Crippen LogP contribution is -2.41. The van der Waals surface area contributed by atoms with Crippen LogP contribution in [0.4, 0.5) is 15.8 Å². The van der Waals surface area contributed by atoms with Gasteiger partial charge in [-0.25, -0.2) is 4.39 Å². The predicted molar refractivity (Wildman–Crippen MR) is 134 cm³/mol. The summed E-state index contributed by atoms with van der Waals surface area (Å²) in [6.45, 7) is 5.36. The number of amides is 2. The highest BCUT2D eigenvalue weighted by Gasteiger charge is 2.35. The third kappa shape index (κ3) is 5.78. The molecule has 1 heterocycles. The molecule has 2 aromatic rings. The number of carbonyl (C=O) groups is 2. The van der Waals surface area contributed by atoms with E-state index in [0.29, 0.717) is 30.5 Å². The van der Waals surface area contributed by atoms with Crippen molar-refractivity contribution in [2.45, 2.75) is 64.3 Å². The second kappa shape index (κ2) is 11.0. The molecule has 0 bridgehead atoms. The zero-order valence-corrected chi connectivity index (χ0v) is 20.2. The second-order valence-corrected chi connectivity index (χ2v) is 9.66. The van der Waals surface area contributed by atoms with E-state index in [9.17, 15) is 14.0 Å². The summed E-state index contributed by atoms with van der Waals surface area (Å²) in [6, 6.07) is 15.3. The summed E-state index contributed by atoms with van der Waals surface area (Å²) in [4.78, 5) is 27.5. The molecular weight excluding hydrogens is 429 g/mol. The molecule has 182 valence electrons. The molecule has 2 aromatic carbocycles. The fraction of sp³-hybridized carbons (Fsp3) is 0.500. The van der Waals surface area contributed by atoms with Crippen molar-refractivity contribution in [1.29, 1.82) is 0 Å². The quantitative estimate of drug-likeness (QED) is 0.516. The molecule has 0 spiro atoms. The standard InChI is InChI=1S/C28H36FN3O2/c1-3-19(4-2)27(33)31-23-12-13-25(24(29)18-23)32-16-14-21(15-17-32)26(20-8-6-5-7-9-20)28(34)30-22-10-11-22/h5-9,12-13,18-19,21-22,26H,3-4,10-11,14-17H2,1-2H3,(H,30,34)(H,31,33). The molecular formula is C28H36FN3O2. The molecule has 1 saturated heterocycles. The first-order chi connectivity index (χ1) is 16.5. The lowest BCUT2D eigenvalue weighted by atomic mass is 9.79. The van der Waals surface area contributed by atoms with E-state index in [1.807, 2.05) is 44.2 Å². The second-order valence-electron chi connectivity index (χ2n) is 9.66. The summed E-state index contributed by atoms with van der Waals surface area (Å²) >= 11 is 0. The number of hydrogen-bond donors (Lipinski definition) is 2. The highest BCUT2D eigenvalue weighted by Crippen LogP contribution is 2.36. The Bertz CT molecular complexity index is 980. The molecule has 6 heteroatoms. The minimum Gasteiger partial charge on any atom is -0.369 e. The molecule has 2 N–H and O–H groups in total. The van der Waals surface area contributed by atoms with Crippen LogP contribution in [0.2, 0.25) is 0 Å². The molecule has 1 aliphatic carbocycles. The highest BCUT2D eigenvalue weighted by molar-refractivity contribution is 5.92. The van der Waals surface area contributed by atoms with Crippen molar-refractivity contribution < 1.29 is 14.0 Å². The van der Waals surface area contributed by atoms with E-state index in [0.717, 1.165) is 44.1 Å². The summed E-state index contributed by atoms with van der Waals surface area (Å²) in [5.41, 5.74) is 2.11. The molecule has 1 aliphatic heterocycles. The average Bonchev–Trinajstić information content (AvgIpc) is 3.65. The third-order valence-electron chi connectivity index (χ3n) is 7.29. The Morgan fingerprint density at radius 2 is 1.65 bits per heavy atom. The van der Waals surface area contributed by atoms with Crippen LogP contribution in [0.5, 0.6) is 0 Å². The summed E-state index contributed by atoms with van der Waals surface area (Å²) < 4.78 is 15.0. The average molecular weight is 466 g/mol. The molecule has 2 aliphatic rings. The van der Waals surface area contributed by atoms with Crippen molar-refractivity contribution in [3.8, 4) is 0 Å². The summed E-state index contributed by atoms with van der Waals surface area (Å²) in [5, 5.41) is 6.04. The smallest absolute Gasteiger partial charge is 0.228 e. The molecule has 4 rings (SSSR count). The molecule has 0 radical (unpaired) electrons. The van der Waals surface area contributed by atoms with Crippen LogP contribution in [0, 0.1) is 17.7 Å². The lowest BCUT2D eigenvalue weighted by molar-refractivity contribution is -0.124. The summed E-state index contributed by atoms with van der Waals surface area (Å²) in [6.07, 6.45) is 5.31. The van der Waals surface area contributed by atoms with Gasteiger partial charge in [0.05, 0.1) is 11.6 Å². The molecule has 1 unspecified atom stereocenters. The van der Waals surface area contributed by atoms with Crippen LogP contribution in [-0.4, -0.2) is 30.9 Å². The maximum Gasteiger partial charge on any atom is 0.228 e. The Morgan fingerprint density at radius 3 is 2.24 bits per heavy atom. The highest BCUT2D eigenvalue weighted by atomic mass is 19.1.